The van der Waals surface area contributed by atoms with E-state index in [4.69, 9.17) is 9.47 Å². The van der Waals surface area contributed by atoms with E-state index >= 15 is 0 Å². The second-order valence-corrected chi connectivity index (χ2v) is 7.22. The topological polar surface area (TPSA) is 93.4 Å². The third kappa shape index (κ3) is 4.61. The SMILES string of the molecule is COC(=O)c1ccc(-n2c(C)cc(/C=C(\C#N)C(=O)NC[C@@H]3CCCO3)c2C)cc1. The van der Waals surface area contributed by atoms with Crippen molar-refractivity contribution in [2.75, 3.05) is 20.3 Å². The van der Waals surface area contributed by atoms with Gasteiger partial charge >= 0.3 is 5.97 Å². The molecule has 1 aromatic heterocycles. The van der Waals surface area contributed by atoms with E-state index in [1.807, 2.05) is 42.7 Å². The van der Waals surface area contributed by atoms with Crippen LogP contribution in [0.15, 0.2) is 35.9 Å². The zero-order chi connectivity index (χ0) is 21.7. The summed E-state index contributed by atoms with van der Waals surface area (Å²) in [5.74, 6) is -0.793. The first-order valence-electron chi connectivity index (χ1n) is 9.84. The van der Waals surface area contributed by atoms with Crippen molar-refractivity contribution in [3.63, 3.8) is 0 Å². The summed E-state index contributed by atoms with van der Waals surface area (Å²) in [6.45, 7) is 4.99. The Hall–Kier alpha value is -3.37. The molecule has 1 aliphatic heterocycles. The summed E-state index contributed by atoms with van der Waals surface area (Å²) in [6.07, 6.45) is 3.54. The van der Waals surface area contributed by atoms with Crippen molar-refractivity contribution in [1.82, 2.24) is 9.88 Å². The Balaban J connectivity index is 1.82. The van der Waals surface area contributed by atoms with E-state index in [0.29, 0.717) is 18.7 Å². The summed E-state index contributed by atoms with van der Waals surface area (Å²) in [4.78, 5) is 24.1. The summed E-state index contributed by atoms with van der Waals surface area (Å²) in [5, 5.41) is 12.3. The first-order valence-corrected chi connectivity index (χ1v) is 9.84. The van der Waals surface area contributed by atoms with Crippen molar-refractivity contribution in [2.45, 2.75) is 32.8 Å². The molecule has 1 N–H and O–H groups in total. The Morgan fingerprint density at radius 1 is 1.33 bits per heavy atom. The maximum Gasteiger partial charge on any atom is 0.337 e. The number of nitriles is 1. The van der Waals surface area contributed by atoms with Crippen LogP contribution >= 0.6 is 0 Å². The summed E-state index contributed by atoms with van der Waals surface area (Å²) < 4.78 is 12.2. The fraction of sp³-hybridized carbons (Fsp3) is 0.348. The molecule has 30 heavy (non-hydrogen) atoms. The van der Waals surface area contributed by atoms with Crippen LogP contribution in [0.4, 0.5) is 0 Å². The van der Waals surface area contributed by atoms with Gasteiger partial charge in [0.1, 0.15) is 11.6 Å². The Kier molecular flexibility index (Phi) is 6.70. The van der Waals surface area contributed by atoms with Gasteiger partial charge in [0.25, 0.3) is 5.91 Å². The second kappa shape index (κ2) is 9.42. The molecule has 0 aliphatic carbocycles. The number of carbonyl (C=O) groups is 2. The highest BCUT2D eigenvalue weighted by Crippen LogP contribution is 2.23. The zero-order valence-electron chi connectivity index (χ0n) is 17.4. The van der Waals surface area contributed by atoms with E-state index in [9.17, 15) is 14.9 Å². The second-order valence-electron chi connectivity index (χ2n) is 7.22. The van der Waals surface area contributed by atoms with E-state index in [1.165, 1.54) is 7.11 Å². The molecule has 0 saturated carbocycles. The normalized spacial score (nSPS) is 16.2. The molecule has 3 rings (SSSR count). The number of hydrogen-bond acceptors (Lipinski definition) is 5. The lowest BCUT2D eigenvalue weighted by molar-refractivity contribution is -0.117. The molecule has 156 valence electrons. The van der Waals surface area contributed by atoms with Crippen LogP contribution in [0.5, 0.6) is 0 Å². The minimum atomic E-state index is -0.403. The number of aryl methyl sites for hydroxylation is 1. The molecule has 0 spiro atoms. The van der Waals surface area contributed by atoms with Crippen molar-refractivity contribution in [2.24, 2.45) is 0 Å². The third-order valence-electron chi connectivity index (χ3n) is 5.20. The van der Waals surface area contributed by atoms with Crippen LogP contribution in [0.3, 0.4) is 0 Å². The van der Waals surface area contributed by atoms with Gasteiger partial charge in [0.05, 0.1) is 18.8 Å². The molecule has 0 unspecified atom stereocenters. The molecule has 7 heteroatoms. The zero-order valence-corrected chi connectivity index (χ0v) is 17.4. The van der Waals surface area contributed by atoms with E-state index < -0.39 is 5.91 Å². The predicted octanol–water partition coefficient (Wildman–Crippen LogP) is 3.08. The van der Waals surface area contributed by atoms with E-state index in [1.54, 1.807) is 18.2 Å². The van der Waals surface area contributed by atoms with Crippen molar-refractivity contribution in [1.29, 1.82) is 5.26 Å². The average Bonchev–Trinajstić information content (AvgIpc) is 3.37. The first kappa shape index (κ1) is 21.3. The molecule has 7 nitrogen and oxygen atoms in total. The number of esters is 1. The smallest absolute Gasteiger partial charge is 0.337 e. The molecule has 2 aromatic rings. The van der Waals surface area contributed by atoms with Gasteiger partial charge in [0, 0.05) is 30.2 Å². The van der Waals surface area contributed by atoms with Crippen LogP contribution in [-0.4, -0.2) is 42.8 Å². The van der Waals surface area contributed by atoms with E-state index in [0.717, 1.165) is 35.5 Å². The quantitative estimate of drug-likeness (QED) is 0.451. The Morgan fingerprint density at radius 3 is 2.67 bits per heavy atom. The molecule has 0 radical (unpaired) electrons. The minimum absolute atomic E-state index is 0.0203. The van der Waals surface area contributed by atoms with Crippen LogP contribution in [-0.2, 0) is 14.3 Å². The van der Waals surface area contributed by atoms with Crippen molar-refractivity contribution in [3.05, 3.63) is 58.4 Å². The van der Waals surface area contributed by atoms with Gasteiger partial charge in [-0.1, -0.05) is 0 Å². The van der Waals surface area contributed by atoms with Gasteiger partial charge < -0.3 is 19.4 Å². The number of amides is 1. The van der Waals surface area contributed by atoms with Crippen LogP contribution < -0.4 is 5.32 Å². The predicted molar refractivity (Wildman–Crippen MR) is 112 cm³/mol. The number of carbonyl (C=O) groups excluding carboxylic acids is 2. The van der Waals surface area contributed by atoms with Crippen LogP contribution in [0.1, 0.15) is 40.2 Å². The Morgan fingerprint density at radius 2 is 2.07 bits per heavy atom. The molecule has 2 heterocycles. The number of nitrogens with one attached hydrogen (secondary N) is 1. The fourth-order valence-corrected chi connectivity index (χ4v) is 3.61. The Bertz CT molecular complexity index is 1010. The summed E-state index contributed by atoms with van der Waals surface area (Å²) in [6, 6.07) is 11.0. The number of benzene rings is 1. The summed E-state index contributed by atoms with van der Waals surface area (Å²) in [7, 11) is 1.35. The van der Waals surface area contributed by atoms with Gasteiger partial charge in [0.15, 0.2) is 0 Å². The summed E-state index contributed by atoms with van der Waals surface area (Å²) >= 11 is 0. The van der Waals surface area contributed by atoms with E-state index in [-0.39, 0.29) is 17.6 Å². The monoisotopic (exact) mass is 407 g/mol. The molecule has 1 aliphatic rings. The minimum Gasteiger partial charge on any atom is -0.465 e. The van der Waals surface area contributed by atoms with Crippen LogP contribution in [0.2, 0.25) is 0 Å². The molecular formula is C23H25N3O4. The van der Waals surface area contributed by atoms with Gasteiger partial charge in [-0.2, -0.15) is 5.26 Å². The number of aromatic nitrogens is 1. The highest BCUT2D eigenvalue weighted by molar-refractivity contribution is 6.01. The average molecular weight is 407 g/mol. The number of methoxy groups -OCH3 is 1. The van der Waals surface area contributed by atoms with Crippen molar-refractivity contribution >= 4 is 18.0 Å². The van der Waals surface area contributed by atoms with Crippen molar-refractivity contribution < 1.29 is 19.1 Å². The van der Waals surface area contributed by atoms with Crippen LogP contribution in [0.25, 0.3) is 11.8 Å². The molecule has 1 amide bonds. The van der Waals surface area contributed by atoms with Crippen LogP contribution in [0, 0.1) is 25.2 Å². The lowest BCUT2D eigenvalue weighted by atomic mass is 10.1. The van der Waals surface area contributed by atoms with Gasteiger partial charge in [0.2, 0.25) is 0 Å². The lowest BCUT2D eigenvalue weighted by Gasteiger charge is -2.11. The largest absolute Gasteiger partial charge is 0.465 e. The molecule has 1 aromatic carbocycles. The van der Waals surface area contributed by atoms with Gasteiger partial charge in [-0.05, 0) is 68.7 Å². The maximum absolute atomic E-state index is 12.4. The maximum atomic E-state index is 12.4. The highest BCUT2D eigenvalue weighted by atomic mass is 16.5. The van der Waals surface area contributed by atoms with Gasteiger partial charge in [-0.15, -0.1) is 0 Å². The standard InChI is InChI=1S/C23H25N3O4/c1-15-11-18(12-19(13-24)22(27)25-14-21-5-4-10-30-21)16(2)26(15)20-8-6-17(7-9-20)23(28)29-3/h6-9,11-12,21H,4-5,10,14H2,1-3H3,(H,25,27)/b19-12+/t21-/m0/s1. The van der Waals surface area contributed by atoms with Gasteiger partial charge in [-0.25, -0.2) is 4.79 Å². The number of ether oxygens (including phenoxy) is 2. The first-order chi connectivity index (χ1) is 14.4. The third-order valence-corrected chi connectivity index (χ3v) is 5.20. The molecule has 1 saturated heterocycles. The molecule has 1 fully saturated rings. The highest BCUT2D eigenvalue weighted by Gasteiger charge is 2.18. The Labute approximate surface area is 175 Å². The van der Waals surface area contributed by atoms with E-state index in [2.05, 4.69) is 5.32 Å². The summed E-state index contributed by atoms with van der Waals surface area (Å²) in [5.41, 5.74) is 4.01. The lowest BCUT2D eigenvalue weighted by Crippen LogP contribution is -2.32. The molecule has 0 bridgehead atoms. The van der Waals surface area contributed by atoms with Crippen molar-refractivity contribution in [3.8, 4) is 11.8 Å². The van der Waals surface area contributed by atoms with Gasteiger partial charge in [-0.3, -0.25) is 4.79 Å². The molecule has 1 atom stereocenters. The molecular weight excluding hydrogens is 382 g/mol. The fourth-order valence-electron chi connectivity index (χ4n) is 3.61. The number of hydrogen-bond donors (Lipinski definition) is 1. The number of nitrogens with zero attached hydrogens (tertiary/aromatic N) is 2. The number of rotatable bonds is 6.